The number of thiophene rings is 1. The van der Waals surface area contributed by atoms with E-state index < -0.39 is 5.82 Å². The average molecular weight is 364 g/mol. The summed E-state index contributed by atoms with van der Waals surface area (Å²) in [6, 6.07) is 7.32. The normalized spacial score (nSPS) is 10.9. The van der Waals surface area contributed by atoms with Crippen molar-refractivity contribution in [1.82, 2.24) is 9.55 Å². The molecule has 5 nitrogen and oxygen atoms in total. The molecule has 0 aliphatic rings. The number of benzene rings is 1. The average Bonchev–Trinajstić information content (AvgIpc) is 3.03. The Bertz CT molecular complexity index is 935. The SMILES string of the molecule is CCOC(=O)CSc1nc2ccsc2c(=O)n1-c1ccc(F)cc1. The molecule has 24 heavy (non-hydrogen) atoms. The van der Waals surface area contributed by atoms with Crippen LogP contribution in [0, 0.1) is 5.82 Å². The van der Waals surface area contributed by atoms with Gasteiger partial charge in [-0.1, -0.05) is 11.8 Å². The molecule has 3 rings (SSSR count). The van der Waals surface area contributed by atoms with Crippen LogP contribution in [-0.4, -0.2) is 27.9 Å². The summed E-state index contributed by atoms with van der Waals surface area (Å²) < 4.78 is 20.0. The molecule has 0 saturated carbocycles. The minimum atomic E-state index is -0.391. The maximum atomic E-state index is 13.2. The van der Waals surface area contributed by atoms with Crippen molar-refractivity contribution in [1.29, 1.82) is 0 Å². The van der Waals surface area contributed by atoms with Crippen molar-refractivity contribution in [3.63, 3.8) is 0 Å². The predicted molar refractivity (Wildman–Crippen MR) is 92.5 cm³/mol. The van der Waals surface area contributed by atoms with Crippen LogP contribution in [0.1, 0.15) is 6.92 Å². The first-order valence-electron chi connectivity index (χ1n) is 7.14. The molecule has 1 aromatic carbocycles. The highest BCUT2D eigenvalue weighted by atomic mass is 32.2. The van der Waals surface area contributed by atoms with E-state index in [2.05, 4.69) is 4.98 Å². The van der Waals surface area contributed by atoms with Crippen LogP contribution in [0.2, 0.25) is 0 Å². The molecule has 0 atom stereocenters. The molecule has 124 valence electrons. The topological polar surface area (TPSA) is 61.2 Å². The summed E-state index contributed by atoms with van der Waals surface area (Å²) >= 11 is 2.41. The van der Waals surface area contributed by atoms with Gasteiger partial charge in [0, 0.05) is 0 Å². The lowest BCUT2D eigenvalue weighted by Crippen LogP contribution is -2.21. The van der Waals surface area contributed by atoms with E-state index in [-0.39, 0.29) is 17.3 Å². The number of fused-ring (bicyclic) bond motifs is 1. The van der Waals surface area contributed by atoms with Gasteiger partial charge >= 0.3 is 5.97 Å². The maximum absolute atomic E-state index is 13.2. The van der Waals surface area contributed by atoms with E-state index in [0.717, 1.165) is 11.8 Å². The Morgan fingerprint density at radius 2 is 2.08 bits per heavy atom. The summed E-state index contributed by atoms with van der Waals surface area (Å²) in [5.74, 6) is -0.734. The Hall–Kier alpha value is -2.19. The minimum Gasteiger partial charge on any atom is -0.465 e. The molecule has 0 aliphatic carbocycles. The molecule has 3 aromatic rings. The van der Waals surface area contributed by atoms with Crippen LogP contribution < -0.4 is 5.56 Å². The summed E-state index contributed by atoms with van der Waals surface area (Å²) in [6.07, 6.45) is 0. The van der Waals surface area contributed by atoms with E-state index in [1.807, 2.05) is 0 Å². The van der Waals surface area contributed by atoms with Gasteiger partial charge in [0.2, 0.25) is 0 Å². The van der Waals surface area contributed by atoms with Gasteiger partial charge in [-0.2, -0.15) is 0 Å². The molecular formula is C16H13FN2O3S2. The van der Waals surface area contributed by atoms with Gasteiger partial charge < -0.3 is 4.74 Å². The van der Waals surface area contributed by atoms with E-state index in [1.165, 1.54) is 40.2 Å². The van der Waals surface area contributed by atoms with Gasteiger partial charge in [-0.25, -0.2) is 9.37 Å². The fourth-order valence-corrected chi connectivity index (χ4v) is 3.70. The first kappa shape index (κ1) is 16.7. The minimum absolute atomic E-state index is 0.0388. The number of nitrogens with zero attached hydrogens (tertiary/aromatic N) is 2. The Morgan fingerprint density at radius 1 is 1.33 bits per heavy atom. The number of aromatic nitrogens is 2. The zero-order chi connectivity index (χ0) is 17.1. The highest BCUT2D eigenvalue weighted by molar-refractivity contribution is 7.99. The maximum Gasteiger partial charge on any atom is 0.316 e. The first-order valence-corrected chi connectivity index (χ1v) is 9.01. The van der Waals surface area contributed by atoms with Crippen LogP contribution in [0.15, 0.2) is 45.7 Å². The molecule has 0 saturated heterocycles. The summed E-state index contributed by atoms with van der Waals surface area (Å²) in [4.78, 5) is 28.8. The third-order valence-corrected chi connectivity index (χ3v) is 4.96. The van der Waals surface area contributed by atoms with Crippen molar-refractivity contribution in [2.45, 2.75) is 12.1 Å². The molecule has 2 aromatic heterocycles. The Labute approximate surface area is 145 Å². The molecule has 0 unspecified atom stereocenters. The lowest BCUT2D eigenvalue weighted by molar-refractivity contribution is -0.139. The summed E-state index contributed by atoms with van der Waals surface area (Å²) in [6.45, 7) is 2.02. The lowest BCUT2D eigenvalue weighted by Gasteiger charge is -2.11. The quantitative estimate of drug-likeness (QED) is 0.395. The van der Waals surface area contributed by atoms with Crippen molar-refractivity contribution >= 4 is 39.3 Å². The standard InChI is InChI=1S/C16H13FN2O3S2/c1-2-22-13(20)9-24-16-18-12-7-8-23-14(12)15(21)19(16)11-5-3-10(17)4-6-11/h3-8H,2,9H2,1H3. The van der Waals surface area contributed by atoms with Crippen LogP contribution >= 0.6 is 23.1 Å². The largest absolute Gasteiger partial charge is 0.465 e. The van der Waals surface area contributed by atoms with E-state index in [0.29, 0.717) is 27.7 Å². The second kappa shape index (κ2) is 7.14. The second-order valence-corrected chi connectivity index (χ2v) is 6.60. The van der Waals surface area contributed by atoms with Crippen LogP contribution in [0.25, 0.3) is 15.9 Å². The van der Waals surface area contributed by atoms with Crippen molar-refractivity contribution in [2.24, 2.45) is 0 Å². The van der Waals surface area contributed by atoms with Crippen LogP contribution in [0.4, 0.5) is 4.39 Å². The number of hydrogen-bond acceptors (Lipinski definition) is 6. The molecule has 8 heteroatoms. The number of carbonyl (C=O) groups excluding carboxylic acids is 1. The number of rotatable bonds is 5. The molecule has 0 radical (unpaired) electrons. The smallest absolute Gasteiger partial charge is 0.316 e. The van der Waals surface area contributed by atoms with Gasteiger partial charge in [0.15, 0.2) is 5.16 Å². The molecule has 0 aliphatic heterocycles. The van der Waals surface area contributed by atoms with Crippen LogP contribution in [0.3, 0.4) is 0 Å². The summed E-state index contributed by atoms with van der Waals surface area (Å²) in [5.41, 5.74) is 0.832. The molecule has 0 fully saturated rings. The lowest BCUT2D eigenvalue weighted by atomic mass is 10.3. The molecule has 0 spiro atoms. The summed E-state index contributed by atoms with van der Waals surface area (Å²) in [7, 11) is 0. The highest BCUT2D eigenvalue weighted by Crippen LogP contribution is 2.23. The second-order valence-electron chi connectivity index (χ2n) is 4.74. The number of hydrogen-bond donors (Lipinski definition) is 0. The Balaban J connectivity index is 2.08. The molecule has 0 bridgehead atoms. The first-order chi connectivity index (χ1) is 11.6. The van der Waals surface area contributed by atoms with Gasteiger partial charge in [-0.05, 0) is 42.6 Å². The van der Waals surface area contributed by atoms with E-state index in [9.17, 15) is 14.0 Å². The zero-order valence-electron chi connectivity index (χ0n) is 12.7. The van der Waals surface area contributed by atoms with Crippen molar-refractivity contribution in [3.8, 4) is 5.69 Å². The van der Waals surface area contributed by atoms with E-state index in [1.54, 1.807) is 18.4 Å². The van der Waals surface area contributed by atoms with Gasteiger partial charge in [-0.15, -0.1) is 11.3 Å². The van der Waals surface area contributed by atoms with Crippen molar-refractivity contribution in [2.75, 3.05) is 12.4 Å². The monoisotopic (exact) mass is 364 g/mol. The molecular weight excluding hydrogens is 351 g/mol. The van der Waals surface area contributed by atoms with E-state index >= 15 is 0 Å². The number of halogens is 1. The van der Waals surface area contributed by atoms with Gasteiger partial charge in [0.05, 0.1) is 23.6 Å². The number of thioether (sulfide) groups is 1. The fraction of sp³-hybridized carbons (Fsp3) is 0.188. The van der Waals surface area contributed by atoms with Crippen LogP contribution in [0.5, 0.6) is 0 Å². The highest BCUT2D eigenvalue weighted by Gasteiger charge is 2.16. The molecule has 2 heterocycles. The Morgan fingerprint density at radius 3 is 2.79 bits per heavy atom. The molecule has 0 amide bonds. The van der Waals surface area contributed by atoms with Gasteiger partial charge in [-0.3, -0.25) is 14.2 Å². The predicted octanol–water partition coefficient (Wildman–Crippen LogP) is 3.24. The number of esters is 1. The third kappa shape index (κ3) is 3.34. The zero-order valence-corrected chi connectivity index (χ0v) is 14.3. The van der Waals surface area contributed by atoms with Gasteiger partial charge in [0.1, 0.15) is 10.5 Å². The van der Waals surface area contributed by atoms with Gasteiger partial charge in [0.25, 0.3) is 5.56 Å². The number of carbonyl (C=O) groups is 1. The van der Waals surface area contributed by atoms with E-state index in [4.69, 9.17) is 4.74 Å². The third-order valence-electron chi connectivity index (χ3n) is 3.16. The fourth-order valence-electron chi connectivity index (χ4n) is 2.13. The number of ether oxygens (including phenoxy) is 1. The summed E-state index contributed by atoms with van der Waals surface area (Å²) in [5, 5.41) is 2.15. The Kier molecular flexibility index (Phi) is 4.96. The molecule has 0 N–H and O–H groups in total. The van der Waals surface area contributed by atoms with Crippen molar-refractivity contribution in [3.05, 3.63) is 51.9 Å². The van der Waals surface area contributed by atoms with Crippen molar-refractivity contribution < 1.29 is 13.9 Å². The van der Waals surface area contributed by atoms with Crippen LogP contribution in [-0.2, 0) is 9.53 Å².